The third-order valence-electron chi connectivity index (χ3n) is 6.23. The Balaban J connectivity index is 1.68. The van der Waals surface area contributed by atoms with Crippen molar-refractivity contribution >= 4 is 39.2 Å². The average Bonchev–Trinajstić information content (AvgIpc) is 3.16. The highest BCUT2D eigenvalue weighted by atomic mass is 32.2. The van der Waals surface area contributed by atoms with Gasteiger partial charge in [-0.15, -0.1) is 11.3 Å². The van der Waals surface area contributed by atoms with Crippen LogP contribution in [0, 0.1) is 0 Å². The number of carbonyl (C=O) groups is 1. The molecule has 1 amide bonds. The first kappa shape index (κ1) is 24.0. The number of carbonyl (C=O) groups excluding carboxylic acids is 1. The molecule has 33 heavy (non-hydrogen) atoms. The highest BCUT2D eigenvalue weighted by Crippen LogP contribution is 2.34. The Bertz CT molecular complexity index is 1170. The molecule has 3 aromatic rings. The maximum absolute atomic E-state index is 13.7. The van der Waals surface area contributed by atoms with Gasteiger partial charge in [-0.25, -0.2) is 4.98 Å². The molecule has 1 aliphatic rings. The van der Waals surface area contributed by atoms with Crippen molar-refractivity contribution in [3.05, 3.63) is 56.7 Å². The van der Waals surface area contributed by atoms with Gasteiger partial charge in [0.05, 0.1) is 11.1 Å². The van der Waals surface area contributed by atoms with Gasteiger partial charge in [0.1, 0.15) is 4.83 Å². The van der Waals surface area contributed by atoms with Crippen molar-refractivity contribution in [2.45, 2.75) is 83.6 Å². The van der Waals surface area contributed by atoms with E-state index in [0.717, 1.165) is 35.9 Å². The fraction of sp³-hybridized carbons (Fsp3) is 0.500. The number of fused-ring (bicyclic) bond motifs is 3. The number of amides is 1. The molecular formula is C26H33N3O2S2. The molecule has 0 atom stereocenters. The minimum absolute atomic E-state index is 0.0508. The van der Waals surface area contributed by atoms with Crippen LogP contribution in [-0.4, -0.2) is 38.2 Å². The number of hydrogen-bond acceptors (Lipinski definition) is 5. The Hall–Kier alpha value is -2.12. The molecule has 0 radical (unpaired) electrons. The molecule has 2 aromatic heterocycles. The van der Waals surface area contributed by atoms with E-state index in [4.69, 9.17) is 4.98 Å². The summed E-state index contributed by atoms with van der Waals surface area (Å²) in [4.78, 5) is 35.7. The smallest absolute Gasteiger partial charge is 0.263 e. The first-order valence-electron chi connectivity index (χ1n) is 11.9. The number of nitrogens with zero attached hydrogens (tertiary/aromatic N) is 3. The zero-order chi connectivity index (χ0) is 23.5. The van der Waals surface area contributed by atoms with E-state index >= 15 is 0 Å². The van der Waals surface area contributed by atoms with Gasteiger partial charge in [-0.1, -0.05) is 42.1 Å². The summed E-state index contributed by atoms with van der Waals surface area (Å²) in [5.41, 5.74) is 2.45. The molecule has 0 spiro atoms. The van der Waals surface area contributed by atoms with Gasteiger partial charge < -0.3 is 4.90 Å². The number of aryl methyl sites for hydroxylation is 3. The fourth-order valence-corrected chi connectivity index (χ4v) is 6.98. The highest BCUT2D eigenvalue weighted by Gasteiger charge is 2.24. The second kappa shape index (κ2) is 10.4. The minimum Gasteiger partial charge on any atom is -0.337 e. The largest absolute Gasteiger partial charge is 0.337 e. The van der Waals surface area contributed by atoms with Crippen molar-refractivity contribution in [2.75, 3.05) is 5.75 Å². The van der Waals surface area contributed by atoms with Crippen molar-refractivity contribution in [1.29, 1.82) is 0 Å². The SMILES string of the molecule is CC(C)N(C(=O)CSc1nc2sc3c(c2c(=O)n1CCc1ccccc1)CCCC3)C(C)C. The molecule has 0 N–H and O–H groups in total. The minimum atomic E-state index is 0.0508. The molecule has 0 aliphatic heterocycles. The van der Waals surface area contributed by atoms with Crippen LogP contribution >= 0.6 is 23.1 Å². The Kier molecular flexibility index (Phi) is 7.59. The Morgan fingerprint density at radius 1 is 1.12 bits per heavy atom. The number of benzene rings is 1. The third kappa shape index (κ3) is 5.19. The quantitative estimate of drug-likeness (QED) is 0.322. The Labute approximate surface area is 204 Å². The molecule has 0 fully saturated rings. The predicted molar refractivity (Wildman–Crippen MR) is 139 cm³/mol. The average molecular weight is 484 g/mol. The third-order valence-corrected chi connectivity index (χ3v) is 8.38. The fourth-order valence-electron chi connectivity index (χ4n) is 4.79. The summed E-state index contributed by atoms with van der Waals surface area (Å²) in [6, 6.07) is 10.5. The van der Waals surface area contributed by atoms with Crippen LogP contribution in [0.15, 0.2) is 40.3 Å². The van der Waals surface area contributed by atoms with Gasteiger partial charge in [-0.3, -0.25) is 14.2 Å². The molecule has 1 aliphatic carbocycles. The van der Waals surface area contributed by atoms with Gasteiger partial charge in [-0.05, 0) is 70.9 Å². The van der Waals surface area contributed by atoms with Crippen molar-refractivity contribution in [1.82, 2.24) is 14.5 Å². The Morgan fingerprint density at radius 3 is 2.52 bits per heavy atom. The van der Waals surface area contributed by atoms with E-state index < -0.39 is 0 Å². The van der Waals surface area contributed by atoms with E-state index in [1.54, 1.807) is 11.3 Å². The number of thiophene rings is 1. The zero-order valence-corrected chi connectivity index (χ0v) is 21.6. The molecule has 0 saturated carbocycles. The van der Waals surface area contributed by atoms with Crippen molar-refractivity contribution in [3.8, 4) is 0 Å². The molecule has 0 unspecified atom stereocenters. The number of aromatic nitrogens is 2. The molecule has 2 heterocycles. The van der Waals surface area contributed by atoms with Crippen LogP contribution in [0.2, 0.25) is 0 Å². The molecule has 5 nitrogen and oxygen atoms in total. The molecular weight excluding hydrogens is 450 g/mol. The normalized spacial score (nSPS) is 13.6. The van der Waals surface area contributed by atoms with Crippen LogP contribution in [0.1, 0.15) is 56.5 Å². The summed E-state index contributed by atoms with van der Waals surface area (Å²) in [6.07, 6.45) is 5.07. The lowest BCUT2D eigenvalue weighted by Crippen LogP contribution is -2.43. The number of hydrogen-bond donors (Lipinski definition) is 0. The van der Waals surface area contributed by atoms with Gasteiger partial charge in [0.2, 0.25) is 5.91 Å². The molecule has 0 saturated heterocycles. The molecule has 1 aromatic carbocycles. The van der Waals surface area contributed by atoms with Crippen molar-refractivity contribution in [3.63, 3.8) is 0 Å². The summed E-state index contributed by atoms with van der Waals surface area (Å²) >= 11 is 3.06. The summed E-state index contributed by atoms with van der Waals surface area (Å²) in [5, 5.41) is 1.47. The van der Waals surface area contributed by atoms with Crippen LogP contribution in [0.4, 0.5) is 0 Å². The lowest BCUT2D eigenvalue weighted by Gasteiger charge is -2.30. The van der Waals surface area contributed by atoms with Gasteiger partial charge in [0.15, 0.2) is 5.16 Å². The Morgan fingerprint density at radius 2 is 1.82 bits per heavy atom. The van der Waals surface area contributed by atoms with Crippen LogP contribution < -0.4 is 5.56 Å². The summed E-state index contributed by atoms with van der Waals surface area (Å²) in [7, 11) is 0. The second-order valence-electron chi connectivity index (χ2n) is 9.25. The van der Waals surface area contributed by atoms with E-state index in [-0.39, 0.29) is 29.3 Å². The van der Waals surface area contributed by atoms with Crippen LogP contribution in [-0.2, 0) is 30.6 Å². The van der Waals surface area contributed by atoms with Gasteiger partial charge in [0, 0.05) is 23.5 Å². The van der Waals surface area contributed by atoms with Crippen LogP contribution in [0.3, 0.4) is 0 Å². The lowest BCUT2D eigenvalue weighted by molar-refractivity contribution is -0.131. The first-order valence-corrected chi connectivity index (χ1v) is 13.7. The zero-order valence-electron chi connectivity index (χ0n) is 20.0. The lowest BCUT2D eigenvalue weighted by atomic mass is 9.97. The predicted octanol–water partition coefficient (Wildman–Crippen LogP) is 5.32. The van der Waals surface area contributed by atoms with Crippen molar-refractivity contribution < 1.29 is 4.79 Å². The van der Waals surface area contributed by atoms with E-state index in [1.807, 2.05) is 55.4 Å². The number of rotatable bonds is 8. The van der Waals surface area contributed by atoms with E-state index in [0.29, 0.717) is 11.7 Å². The molecule has 4 rings (SSSR count). The van der Waals surface area contributed by atoms with Crippen LogP contribution in [0.5, 0.6) is 0 Å². The molecule has 7 heteroatoms. The maximum Gasteiger partial charge on any atom is 0.263 e. The topological polar surface area (TPSA) is 55.2 Å². The van der Waals surface area contributed by atoms with E-state index in [9.17, 15) is 9.59 Å². The summed E-state index contributed by atoms with van der Waals surface area (Å²) in [5.74, 6) is 0.365. The first-order chi connectivity index (χ1) is 15.9. The highest BCUT2D eigenvalue weighted by molar-refractivity contribution is 7.99. The summed E-state index contributed by atoms with van der Waals surface area (Å²) in [6.45, 7) is 8.72. The van der Waals surface area contributed by atoms with E-state index in [2.05, 4.69) is 12.1 Å². The maximum atomic E-state index is 13.7. The standard InChI is InChI=1S/C26H33N3O2S2/c1-17(2)29(18(3)4)22(30)16-32-26-27-24-23(20-12-8-9-13-21(20)33-24)25(31)28(26)15-14-19-10-6-5-7-11-19/h5-7,10-11,17-18H,8-9,12-16H2,1-4H3. The second-order valence-corrected chi connectivity index (χ2v) is 11.3. The molecule has 176 valence electrons. The van der Waals surface area contributed by atoms with Gasteiger partial charge in [0.25, 0.3) is 5.56 Å². The van der Waals surface area contributed by atoms with Gasteiger partial charge in [-0.2, -0.15) is 0 Å². The summed E-state index contributed by atoms with van der Waals surface area (Å²) < 4.78 is 1.81. The van der Waals surface area contributed by atoms with E-state index in [1.165, 1.54) is 34.2 Å². The number of thioether (sulfide) groups is 1. The van der Waals surface area contributed by atoms with Crippen LogP contribution in [0.25, 0.3) is 10.2 Å². The molecule has 0 bridgehead atoms. The monoisotopic (exact) mass is 483 g/mol. The van der Waals surface area contributed by atoms with Gasteiger partial charge >= 0.3 is 0 Å². The van der Waals surface area contributed by atoms with Crippen molar-refractivity contribution in [2.24, 2.45) is 0 Å².